The van der Waals surface area contributed by atoms with Crippen molar-refractivity contribution in [1.82, 2.24) is 15.5 Å². The van der Waals surface area contributed by atoms with E-state index in [-0.39, 0.29) is 24.1 Å². The average molecular weight is 356 g/mol. The van der Waals surface area contributed by atoms with Gasteiger partial charge < -0.3 is 20.3 Å². The minimum absolute atomic E-state index is 0.129. The van der Waals surface area contributed by atoms with Crippen LogP contribution in [0.25, 0.3) is 0 Å². The molecule has 1 rings (SSSR count). The summed E-state index contributed by atoms with van der Waals surface area (Å²) in [5.41, 5.74) is -0.473. The van der Waals surface area contributed by atoms with Gasteiger partial charge in [0.25, 0.3) is 0 Å². The van der Waals surface area contributed by atoms with Crippen LogP contribution in [0.15, 0.2) is 0 Å². The second-order valence-corrected chi connectivity index (χ2v) is 8.78. The van der Waals surface area contributed by atoms with E-state index >= 15 is 0 Å². The molecule has 1 saturated carbocycles. The summed E-state index contributed by atoms with van der Waals surface area (Å²) in [6.07, 6.45) is 4.21. The van der Waals surface area contributed by atoms with Crippen LogP contribution in [0.5, 0.6) is 0 Å². The summed E-state index contributed by atoms with van der Waals surface area (Å²) >= 11 is 0. The third kappa shape index (κ3) is 8.56. The lowest BCUT2D eigenvalue weighted by molar-refractivity contribution is -0.131. The zero-order valence-electron chi connectivity index (χ0n) is 17.0. The van der Waals surface area contributed by atoms with E-state index in [9.17, 15) is 9.59 Å². The second-order valence-electron chi connectivity index (χ2n) is 8.78. The van der Waals surface area contributed by atoms with Gasteiger partial charge in [0.05, 0.1) is 6.04 Å². The van der Waals surface area contributed by atoms with Gasteiger partial charge in [0.15, 0.2) is 0 Å². The van der Waals surface area contributed by atoms with Gasteiger partial charge >= 0.3 is 6.09 Å². The summed E-state index contributed by atoms with van der Waals surface area (Å²) in [5.74, 6) is 0.606. The van der Waals surface area contributed by atoms with Crippen molar-refractivity contribution in [3.8, 4) is 0 Å². The second kappa shape index (κ2) is 9.41. The van der Waals surface area contributed by atoms with Crippen molar-refractivity contribution in [2.24, 2.45) is 5.92 Å². The standard InChI is InChI=1S/C19H37N3O3/c1-13(2)12-16(17(23)22(6)7)20-14-8-10-15(11-9-14)21-18(24)25-19(3,4)5/h13-16,20H,8-12H2,1-7H3,(H,21,24). The molecule has 2 N–H and O–H groups in total. The minimum Gasteiger partial charge on any atom is -0.444 e. The highest BCUT2D eigenvalue weighted by Gasteiger charge is 2.28. The van der Waals surface area contributed by atoms with Crippen LogP contribution in [0.4, 0.5) is 4.79 Å². The van der Waals surface area contributed by atoms with E-state index in [1.807, 2.05) is 20.8 Å². The fourth-order valence-corrected chi connectivity index (χ4v) is 3.19. The van der Waals surface area contributed by atoms with Crippen LogP contribution in [-0.4, -0.2) is 54.7 Å². The molecule has 0 aliphatic heterocycles. The molecule has 0 aromatic rings. The van der Waals surface area contributed by atoms with Crippen molar-refractivity contribution in [2.45, 2.75) is 90.4 Å². The zero-order chi connectivity index (χ0) is 19.2. The fourth-order valence-electron chi connectivity index (χ4n) is 3.19. The van der Waals surface area contributed by atoms with Gasteiger partial charge in [-0.3, -0.25) is 4.79 Å². The Morgan fingerprint density at radius 3 is 2.04 bits per heavy atom. The number of likely N-dealkylation sites (N-methyl/N-ethyl adjacent to an activating group) is 1. The molecule has 0 aromatic carbocycles. The Kier molecular flexibility index (Phi) is 8.19. The van der Waals surface area contributed by atoms with Crippen LogP contribution in [-0.2, 0) is 9.53 Å². The molecule has 1 aliphatic rings. The number of nitrogens with one attached hydrogen (secondary N) is 2. The molecular formula is C19H37N3O3. The number of carbonyl (C=O) groups excluding carboxylic acids is 2. The van der Waals surface area contributed by atoms with Crippen LogP contribution < -0.4 is 10.6 Å². The van der Waals surface area contributed by atoms with Gasteiger partial charge in [-0.05, 0) is 58.8 Å². The van der Waals surface area contributed by atoms with Gasteiger partial charge in [-0.1, -0.05) is 13.8 Å². The number of ether oxygens (including phenoxy) is 1. The Labute approximate surface area is 153 Å². The summed E-state index contributed by atoms with van der Waals surface area (Å²) in [4.78, 5) is 25.9. The number of amides is 2. The number of rotatable bonds is 6. The Balaban J connectivity index is 2.46. The molecule has 1 fully saturated rings. The van der Waals surface area contributed by atoms with E-state index in [1.54, 1.807) is 19.0 Å². The molecule has 0 bridgehead atoms. The lowest BCUT2D eigenvalue weighted by atomic mass is 9.90. The maximum absolute atomic E-state index is 12.4. The molecule has 6 heteroatoms. The molecule has 1 unspecified atom stereocenters. The first kappa shape index (κ1) is 21.7. The summed E-state index contributed by atoms with van der Waals surface area (Å²) in [6.45, 7) is 9.87. The van der Waals surface area contributed by atoms with E-state index in [0.29, 0.717) is 12.0 Å². The van der Waals surface area contributed by atoms with Crippen molar-refractivity contribution in [3.05, 3.63) is 0 Å². The molecule has 146 valence electrons. The molecule has 0 spiro atoms. The van der Waals surface area contributed by atoms with E-state index in [0.717, 1.165) is 32.1 Å². The first-order valence-electron chi connectivity index (χ1n) is 9.44. The SMILES string of the molecule is CC(C)CC(NC1CCC(NC(=O)OC(C)(C)C)CC1)C(=O)N(C)C. The third-order valence-corrected chi connectivity index (χ3v) is 4.33. The molecule has 0 aromatic heterocycles. The van der Waals surface area contributed by atoms with E-state index < -0.39 is 5.60 Å². The summed E-state index contributed by atoms with van der Waals surface area (Å²) in [6, 6.07) is 0.348. The number of alkyl carbamates (subject to hydrolysis) is 1. The number of hydrogen-bond acceptors (Lipinski definition) is 4. The Morgan fingerprint density at radius 2 is 1.60 bits per heavy atom. The number of hydrogen-bond donors (Lipinski definition) is 2. The molecule has 2 amide bonds. The van der Waals surface area contributed by atoms with E-state index in [4.69, 9.17) is 4.74 Å². The van der Waals surface area contributed by atoms with Crippen molar-refractivity contribution in [1.29, 1.82) is 0 Å². The predicted molar refractivity (Wildman–Crippen MR) is 100 cm³/mol. The average Bonchev–Trinajstić information content (AvgIpc) is 2.45. The Hall–Kier alpha value is -1.30. The van der Waals surface area contributed by atoms with E-state index in [2.05, 4.69) is 24.5 Å². The van der Waals surface area contributed by atoms with Crippen LogP contribution in [0.2, 0.25) is 0 Å². The number of nitrogens with zero attached hydrogens (tertiary/aromatic N) is 1. The first-order chi connectivity index (χ1) is 11.5. The molecule has 0 radical (unpaired) electrons. The summed E-state index contributed by atoms with van der Waals surface area (Å²) < 4.78 is 5.32. The Bertz CT molecular complexity index is 436. The monoisotopic (exact) mass is 355 g/mol. The van der Waals surface area contributed by atoms with Gasteiger partial charge in [-0.15, -0.1) is 0 Å². The molecule has 1 aliphatic carbocycles. The normalized spacial score (nSPS) is 22.4. The highest BCUT2D eigenvalue weighted by molar-refractivity contribution is 5.81. The first-order valence-corrected chi connectivity index (χ1v) is 9.44. The molecule has 6 nitrogen and oxygen atoms in total. The highest BCUT2D eigenvalue weighted by atomic mass is 16.6. The van der Waals surface area contributed by atoms with E-state index in [1.165, 1.54) is 0 Å². The fraction of sp³-hybridized carbons (Fsp3) is 0.895. The highest BCUT2D eigenvalue weighted by Crippen LogP contribution is 2.21. The lowest BCUT2D eigenvalue weighted by Gasteiger charge is -2.33. The van der Waals surface area contributed by atoms with Crippen LogP contribution in [0.1, 0.15) is 66.7 Å². The maximum atomic E-state index is 12.4. The largest absolute Gasteiger partial charge is 0.444 e. The van der Waals surface area contributed by atoms with Crippen LogP contribution in [0, 0.1) is 5.92 Å². The van der Waals surface area contributed by atoms with Crippen LogP contribution in [0.3, 0.4) is 0 Å². The van der Waals surface area contributed by atoms with Gasteiger partial charge in [-0.2, -0.15) is 0 Å². The maximum Gasteiger partial charge on any atom is 0.407 e. The molecular weight excluding hydrogens is 318 g/mol. The summed E-state index contributed by atoms with van der Waals surface area (Å²) in [5, 5.41) is 6.50. The topological polar surface area (TPSA) is 70.7 Å². The number of carbonyl (C=O) groups is 2. The lowest BCUT2D eigenvalue weighted by Crippen LogP contribution is -2.51. The predicted octanol–water partition coefficient (Wildman–Crippen LogP) is 2.91. The molecule has 0 saturated heterocycles. The van der Waals surface area contributed by atoms with Crippen molar-refractivity contribution in [2.75, 3.05) is 14.1 Å². The van der Waals surface area contributed by atoms with Gasteiger partial charge in [0.1, 0.15) is 5.60 Å². The summed E-state index contributed by atoms with van der Waals surface area (Å²) in [7, 11) is 3.61. The quantitative estimate of drug-likeness (QED) is 0.768. The zero-order valence-corrected chi connectivity index (χ0v) is 17.0. The van der Waals surface area contributed by atoms with Crippen molar-refractivity contribution >= 4 is 12.0 Å². The molecule has 25 heavy (non-hydrogen) atoms. The van der Waals surface area contributed by atoms with Gasteiger partial charge in [0, 0.05) is 26.2 Å². The molecule has 1 atom stereocenters. The van der Waals surface area contributed by atoms with Crippen molar-refractivity contribution in [3.63, 3.8) is 0 Å². The third-order valence-electron chi connectivity index (χ3n) is 4.33. The van der Waals surface area contributed by atoms with Gasteiger partial charge in [-0.25, -0.2) is 4.79 Å². The van der Waals surface area contributed by atoms with Crippen LogP contribution >= 0.6 is 0 Å². The molecule has 0 heterocycles. The smallest absolute Gasteiger partial charge is 0.407 e. The Morgan fingerprint density at radius 1 is 1.08 bits per heavy atom. The van der Waals surface area contributed by atoms with Gasteiger partial charge in [0.2, 0.25) is 5.91 Å². The minimum atomic E-state index is -0.473. The van der Waals surface area contributed by atoms with Crippen molar-refractivity contribution < 1.29 is 14.3 Å².